The van der Waals surface area contributed by atoms with E-state index in [0.29, 0.717) is 17.2 Å². The van der Waals surface area contributed by atoms with Crippen LogP contribution in [0.5, 0.6) is 0 Å². The number of carbonyl (C=O) groups is 3. The first-order valence-electron chi connectivity index (χ1n) is 9.52. The zero-order valence-corrected chi connectivity index (χ0v) is 16.1. The molecule has 28 heavy (non-hydrogen) atoms. The van der Waals surface area contributed by atoms with Gasteiger partial charge in [-0.1, -0.05) is 50.2 Å². The molecule has 3 amide bonds. The van der Waals surface area contributed by atoms with E-state index in [-0.39, 0.29) is 18.5 Å². The molecule has 3 N–H and O–H groups in total. The molecule has 3 rings (SSSR count). The van der Waals surface area contributed by atoms with Crippen LogP contribution in [0.1, 0.15) is 54.1 Å². The molecule has 1 aliphatic rings. The van der Waals surface area contributed by atoms with Gasteiger partial charge in [-0.3, -0.25) is 14.4 Å². The highest BCUT2D eigenvalue weighted by Gasteiger charge is 2.25. The number of carbonyl (C=O) groups excluding carboxylic acids is 3. The van der Waals surface area contributed by atoms with Gasteiger partial charge in [0.25, 0.3) is 5.91 Å². The lowest BCUT2D eigenvalue weighted by Gasteiger charge is -2.11. The molecule has 0 atom stereocenters. The van der Waals surface area contributed by atoms with Gasteiger partial charge in [-0.2, -0.15) is 0 Å². The van der Waals surface area contributed by atoms with Crippen LogP contribution in [0, 0.1) is 0 Å². The van der Waals surface area contributed by atoms with Gasteiger partial charge in [-0.15, -0.1) is 0 Å². The fraction of sp³-hybridized carbons (Fsp3) is 0.318. The summed E-state index contributed by atoms with van der Waals surface area (Å²) < 4.78 is 0. The van der Waals surface area contributed by atoms with Crippen molar-refractivity contribution in [1.29, 1.82) is 0 Å². The first-order chi connectivity index (χ1) is 13.4. The van der Waals surface area contributed by atoms with Crippen molar-refractivity contribution in [1.82, 2.24) is 10.6 Å². The van der Waals surface area contributed by atoms with Gasteiger partial charge in [0.2, 0.25) is 0 Å². The van der Waals surface area contributed by atoms with Crippen molar-refractivity contribution in [2.24, 2.45) is 0 Å². The van der Waals surface area contributed by atoms with Crippen LogP contribution in [0.15, 0.2) is 48.5 Å². The Morgan fingerprint density at radius 3 is 2.29 bits per heavy atom. The molecule has 2 aromatic carbocycles. The maximum absolute atomic E-state index is 12.3. The molecule has 0 unspecified atom stereocenters. The molecule has 0 saturated heterocycles. The van der Waals surface area contributed by atoms with Crippen LogP contribution in [-0.4, -0.2) is 23.8 Å². The van der Waals surface area contributed by atoms with Crippen LogP contribution in [0.2, 0.25) is 0 Å². The summed E-state index contributed by atoms with van der Waals surface area (Å²) in [7, 11) is 0. The summed E-state index contributed by atoms with van der Waals surface area (Å²) in [6, 6.07) is 14.8. The summed E-state index contributed by atoms with van der Waals surface area (Å²) >= 11 is 0. The quantitative estimate of drug-likeness (QED) is 0.675. The molecule has 0 radical (unpaired) electrons. The summed E-state index contributed by atoms with van der Waals surface area (Å²) in [4.78, 5) is 36.7. The van der Waals surface area contributed by atoms with E-state index >= 15 is 0 Å². The van der Waals surface area contributed by atoms with E-state index in [1.165, 1.54) is 5.56 Å². The third-order valence-electron chi connectivity index (χ3n) is 4.64. The highest BCUT2D eigenvalue weighted by Crippen LogP contribution is 2.21. The second-order valence-electron chi connectivity index (χ2n) is 7.33. The van der Waals surface area contributed by atoms with Gasteiger partial charge >= 0.3 is 11.8 Å². The second kappa shape index (κ2) is 8.69. The van der Waals surface area contributed by atoms with Crippen LogP contribution in [0.4, 0.5) is 5.69 Å². The number of rotatable bonds is 6. The number of nitrogens with one attached hydrogen (secondary N) is 3. The van der Waals surface area contributed by atoms with Crippen molar-refractivity contribution in [3.05, 3.63) is 65.2 Å². The third-order valence-corrected chi connectivity index (χ3v) is 4.64. The molecule has 1 aliphatic carbocycles. The molecule has 0 aromatic heterocycles. The van der Waals surface area contributed by atoms with E-state index in [9.17, 15) is 14.4 Å². The molecule has 1 saturated carbocycles. The Hall–Kier alpha value is -3.15. The van der Waals surface area contributed by atoms with Gasteiger partial charge in [0, 0.05) is 12.6 Å². The molecule has 0 aliphatic heterocycles. The van der Waals surface area contributed by atoms with Crippen molar-refractivity contribution in [2.75, 3.05) is 5.32 Å². The number of amides is 3. The number of hydrogen-bond donors (Lipinski definition) is 3. The van der Waals surface area contributed by atoms with Gasteiger partial charge in [0.15, 0.2) is 0 Å². The van der Waals surface area contributed by atoms with Gasteiger partial charge < -0.3 is 16.0 Å². The minimum Gasteiger partial charge on any atom is -0.349 e. The van der Waals surface area contributed by atoms with E-state index in [0.717, 1.165) is 18.4 Å². The van der Waals surface area contributed by atoms with E-state index < -0.39 is 11.8 Å². The lowest BCUT2D eigenvalue weighted by molar-refractivity contribution is -0.136. The monoisotopic (exact) mass is 379 g/mol. The van der Waals surface area contributed by atoms with Crippen molar-refractivity contribution in [3.8, 4) is 0 Å². The maximum Gasteiger partial charge on any atom is 0.313 e. The van der Waals surface area contributed by atoms with Crippen molar-refractivity contribution < 1.29 is 14.4 Å². The molecule has 0 bridgehead atoms. The largest absolute Gasteiger partial charge is 0.349 e. The first-order valence-corrected chi connectivity index (χ1v) is 9.52. The topological polar surface area (TPSA) is 87.3 Å². The van der Waals surface area contributed by atoms with Crippen LogP contribution in [0.25, 0.3) is 0 Å². The average Bonchev–Trinajstić information content (AvgIpc) is 3.50. The fourth-order valence-electron chi connectivity index (χ4n) is 2.74. The summed E-state index contributed by atoms with van der Waals surface area (Å²) in [5.74, 6) is -1.36. The van der Waals surface area contributed by atoms with Crippen LogP contribution >= 0.6 is 0 Å². The molecule has 2 aromatic rings. The second-order valence-corrected chi connectivity index (χ2v) is 7.33. The van der Waals surface area contributed by atoms with Crippen LogP contribution < -0.4 is 16.0 Å². The van der Waals surface area contributed by atoms with Gasteiger partial charge in [0.05, 0.1) is 11.3 Å². The van der Waals surface area contributed by atoms with E-state index in [2.05, 4.69) is 29.8 Å². The Kier molecular flexibility index (Phi) is 6.09. The standard InChI is InChI=1S/C22H25N3O3/c1-14(2)16-9-7-15(8-10-16)13-23-21(27)22(28)25-19-6-4-3-5-18(19)20(26)24-17-11-12-17/h3-10,14,17H,11-13H2,1-2H3,(H,23,27)(H,24,26)(H,25,28). The average molecular weight is 379 g/mol. The zero-order valence-electron chi connectivity index (χ0n) is 16.1. The Morgan fingerprint density at radius 2 is 1.64 bits per heavy atom. The smallest absolute Gasteiger partial charge is 0.313 e. The lowest BCUT2D eigenvalue weighted by atomic mass is 10.0. The summed E-state index contributed by atoms with van der Waals surface area (Å²) in [5, 5.41) is 8.02. The maximum atomic E-state index is 12.3. The Balaban J connectivity index is 1.57. The Bertz CT molecular complexity index is 871. The zero-order chi connectivity index (χ0) is 20.1. The minimum absolute atomic E-state index is 0.210. The molecular formula is C22H25N3O3. The van der Waals surface area contributed by atoms with E-state index in [4.69, 9.17) is 0 Å². The normalized spacial score (nSPS) is 13.1. The number of hydrogen-bond acceptors (Lipinski definition) is 3. The van der Waals surface area contributed by atoms with Crippen molar-refractivity contribution in [3.63, 3.8) is 0 Å². The minimum atomic E-state index is -0.800. The van der Waals surface area contributed by atoms with E-state index in [1.54, 1.807) is 24.3 Å². The number of anilines is 1. The molecule has 0 spiro atoms. The number of benzene rings is 2. The molecular weight excluding hydrogens is 354 g/mol. The summed E-state index contributed by atoms with van der Waals surface area (Å²) in [5.41, 5.74) is 2.80. The molecule has 6 heteroatoms. The predicted octanol–water partition coefficient (Wildman–Crippen LogP) is 2.96. The highest BCUT2D eigenvalue weighted by atomic mass is 16.2. The molecule has 0 heterocycles. The third kappa shape index (κ3) is 5.19. The van der Waals surface area contributed by atoms with Crippen molar-refractivity contribution in [2.45, 2.75) is 45.2 Å². The lowest BCUT2D eigenvalue weighted by Crippen LogP contribution is -2.35. The van der Waals surface area contributed by atoms with Gasteiger partial charge in [0.1, 0.15) is 0 Å². The van der Waals surface area contributed by atoms with E-state index in [1.807, 2.05) is 24.3 Å². The van der Waals surface area contributed by atoms with Gasteiger partial charge in [-0.05, 0) is 42.0 Å². The predicted molar refractivity (Wildman–Crippen MR) is 108 cm³/mol. The van der Waals surface area contributed by atoms with Crippen molar-refractivity contribution >= 4 is 23.4 Å². The Labute approximate surface area is 164 Å². The van der Waals surface area contributed by atoms with Gasteiger partial charge in [-0.25, -0.2) is 0 Å². The first kappa shape index (κ1) is 19.6. The summed E-state index contributed by atoms with van der Waals surface area (Å²) in [6.45, 7) is 4.49. The fourth-order valence-corrected chi connectivity index (χ4v) is 2.74. The Morgan fingerprint density at radius 1 is 0.964 bits per heavy atom. The number of para-hydroxylation sites is 1. The SMILES string of the molecule is CC(C)c1ccc(CNC(=O)C(=O)Nc2ccccc2C(=O)NC2CC2)cc1. The van der Waals surface area contributed by atoms with Crippen LogP contribution in [0.3, 0.4) is 0 Å². The summed E-state index contributed by atoms with van der Waals surface area (Å²) in [6.07, 6.45) is 1.95. The van der Waals surface area contributed by atoms with Crippen LogP contribution in [-0.2, 0) is 16.1 Å². The molecule has 146 valence electrons. The highest BCUT2D eigenvalue weighted by molar-refractivity contribution is 6.40. The molecule has 6 nitrogen and oxygen atoms in total. The molecule has 1 fully saturated rings.